The molecule has 0 radical (unpaired) electrons. The summed E-state index contributed by atoms with van der Waals surface area (Å²) in [4.78, 5) is 2.29. The third-order valence-corrected chi connectivity index (χ3v) is 4.63. The van der Waals surface area contributed by atoms with E-state index in [0.717, 1.165) is 13.0 Å². The van der Waals surface area contributed by atoms with Gasteiger partial charge in [-0.25, -0.2) is 4.39 Å². The maximum Gasteiger partial charge on any atom is 0.233 e. The van der Waals surface area contributed by atoms with Gasteiger partial charge in [0.2, 0.25) is 11.8 Å². The van der Waals surface area contributed by atoms with E-state index < -0.39 is 0 Å². The van der Waals surface area contributed by atoms with Crippen LogP contribution in [-0.2, 0) is 13.0 Å². The van der Waals surface area contributed by atoms with Crippen molar-refractivity contribution >= 4 is 0 Å². The van der Waals surface area contributed by atoms with Gasteiger partial charge in [-0.15, -0.1) is 10.2 Å². The Hall–Kier alpha value is -2.73. The number of benzene rings is 2. The van der Waals surface area contributed by atoms with E-state index in [2.05, 4.69) is 39.4 Å². The highest BCUT2D eigenvalue weighted by Crippen LogP contribution is 2.32. The van der Waals surface area contributed by atoms with Crippen LogP contribution in [0.25, 0.3) is 0 Å². The van der Waals surface area contributed by atoms with Crippen LogP contribution in [0.15, 0.2) is 52.9 Å². The Morgan fingerprint density at radius 1 is 1.12 bits per heavy atom. The van der Waals surface area contributed by atoms with Gasteiger partial charge in [0.05, 0.1) is 6.04 Å². The van der Waals surface area contributed by atoms with Crippen LogP contribution >= 0.6 is 0 Å². The lowest BCUT2D eigenvalue weighted by Gasteiger charge is -2.34. The van der Waals surface area contributed by atoms with Crippen molar-refractivity contribution < 1.29 is 13.5 Å². The molecule has 3 aromatic rings. The molecule has 4 rings (SSSR count). The van der Waals surface area contributed by atoms with Crippen LogP contribution in [-0.4, -0.2) is 28.2 Å². The van der Waals surface area contributed by atoms with Gasteiger partial charge in [0.1, 0.15) is 18.2 Å². The van der Waals surface area contributed by atoms with Gasteiger partial charge in [0.25, 0.3) is 0 Å². The van der Waals surface area contributed by atoms with Gasteiger partial charge in [-0.1, -0.05) is 24.3 Å². The standard InChI is InChI=1S/C20H20FN3O2/c1-14-22-23-20(26-14)19-12-15-4-2-3-5-16(15)13-24(19)10-11-25-18-8-6-17(21)7-9-18/h2-9,19H,10-13H2,1H3. The summed E-state index contributed by atoms with van der Waals surface area (Å²) in [7, 11) is 0. The van der Waals surface area contributed by atoms with Crippen LogP contribution in [0.1, 0.15) is 29.0 Å². The summed E-state index contributed by atoms with van der Waals surface area (Å²) in [6.45, 7) is 3.81. The smallest absolute Gasteiger partial charge is 0.233 e. The fourth-order valence-electron chi connectivity index (χ4n) is 3.31. The lowest BCUT2D eigenvalue weighted by molar-refractivity contribution is 0.120. The number of rotatable bonds is 5. The number of hydrogen-bond donors (Lipinski definition) is 0. The van der Waals surface area contributed by atoms with E-state index in [1.807, 2.05) is 0 Å². The highest BCUT2D eigenvalue weighted by atomic mass is 19.1. The molecule has 0 fully saturated rings. The second kappa shape index (κ2) is 7.25. The van der Waals surface area contributed by atoms with Crippen molar-refractivity contribution in [3.05, 3.63) is 77.3 Å². The number of ether oxygens (including phenoxy) is 1. The minimum absolute atomic E-state index is 0.0305. The maximum atomic E-state index is 13.0. The summed E-state index contributed by atoms with van der Waals surface area (Å²) in [5.74, 6) is 1.60. The van der Waals surface area contributed by atoms with Crippen molar-refractivity contribution in [1.82, 2.24) is 15.1 Å². The summed E-state index contributed by atoms with van der Waals surface area (Å²) in [5.41, 5.74) is 2.62. The number of hydrogen-bond acceptors (Lipinski definition) is 5. The monoisotopic (exact) mass is 353 g/mol. The lowest BCUT2D eigenvalue weighted by atomic mass is 9.94. The molecule has 26 heavy (non-hydrogen) atoms. The Labute approximate surface area is 151 Å². The molecule has 1 aliphatic heterocycles. The largest absolute Gasteiger partial charge is 0.492 e. The molecule has 0 spiro atoms. The molecule has 6 heteroatoms. The highest BCUT2D eigenvalue weighted by Gasteiger charge is 2.30. The Bertz CT molecular complexity index is 879. The molecule has 1 unspecified atom stereocenters. The van der Waals surface area contributed by atoms with Crippen molar-refractivity contribution in [2.45, 2.75) is 25.9 Å². The van der Waals surface area contributed by atoms with Gasteiger partial charge in [-0.2, -0.15) is 0 Å². The summed E-state index contributed by atoms with van der Waals surface area (Å²) in [6.07, 6.45) is 0.828. The minimum Gasteiger partial charge on any atom is -0.492 e. The first-order chi connectivity index (χ1) is 12.7. The van der Waals surface area contributed by atoms with E-state index in [1.165, 1.54) is 23.3 Å². The Morgan fingerprint density at radius 3 is 2.62 bits per heavy atom. The molecule has 0 bridgehead atoms. The fraction of sp³-hybridized carbons (Fsp3) is 0.300. The number of aromatic nitrogens is 2. The molecule has 134 valence electrons. The molecule has 0 saturated heterocycles. The second-order valence-electron chi connectivity index (χ2n) is 6.42. The zero-order valence-corrected chi connectivity index (χ0v) is 14.6. The van der Waals surface area contributed by atoms with Crippen LogP contribution in [0.3, 0.4) is 0 Å². The van der Waals surface area contributed by atoms with Crippen molar-refractivity contribution in [3.63, 3.8) is 0 Å². The second-order valence-corrected chi connectivity index (χ2v) is 6.42. The summed E-state index contributed by atoms with van der Waals surface area (Å²) >= 11 is 0. The van der Waals surface area contributed by atoms with E-state index in [4.69, 9.17) is 9.15 Å². The molecule has 2 heterocycles. The third kappa shape index (κ3) is 3.60. The van der Waals surface area contributed by atoms with Crippen LogP contribution in [0, 0.1) is 12.7 Å². The van der Waals surface area contributed by atoms with Crippen LogP contribution in [0.4, 0.5) is 4.39 Å². The van der Waals surface area contributed by atoms with E-state index in [-0.39, 0.29) is 11.9 Å². The van der Waals surface area contributed by atoms with Gasteiger partial charge in [-0.05, 0) is 41.8 Å². The van der Waals surface area contributed by atoms with Gasteiger partial charge < -0.3 is 9.15 Å². The van der Waals surface area contributed by atoms with Crippen LogP contribution < -0.4 is 4.74 Å². The third-order valence-electron chi connectivity index (χ3n) is 4.63. The van der Waals surface area contributed by atoms with Gasteiger partial charge in [0, 0.05) is 20.0 Å². The summed E-state index contributed by atoms with van der Waals surface area (Å²) in [6, 6.07) is 14.5. The predicted octanol–water partition coefficient (Wildman–Crippen LogP) is 3.70. The zero-order chi connectivity index (χ0) is 17.9. The molecule has 0 amide bonds. The number of nitrogens with zero attached hydrogens (tertiary/aromatic N) is 3. The molecule has 5 nitrogen and oxygen atoms in total. The molecule has 1 aromatic heterocycles. The van der Waals surface area contributed by atoms with E-state index in [1.54, 1.807) is 19.1 Å². The Morgan fingerprint density at radius 2 is 1.88 bits per heavy atom. The maximum absolute atomic E-state index is 13.0. The van der Waals surface area contributed by atoms with E-state index >= 15 is 0 Å². The Kier molecular flexibility index (Phi) is 4.67. The van der Waals surface area contributed by atoms with Crippen molar-refractivity contribution in [1.29, 1.82) is 0 Å². The quantitative estimate of drug-likeness (QED) is 0.700. The fourth-order valence-corrected chi connectivity index (χ4v) is 3.31. The predicted molar refractivity (Wildman–Crippen MR) is 94.2 cm³/mol. The Balaban J connectivity index is 1.48. The van der Waals surface area contributed by atoms with E-state index in [9.17, 15) is 4.39 Å². The molecular weight excluding hydrogens is 333 g/mol. The number of fused-ring (bicyclic) bond motifs is 1. The molecule has 0 N–H and O–H groups in total. The van der Waals surface area contributed by atoms with Gasteiger partial charge >= 0.3 is 0 Å². The molecule has 2 aromatic carbocycles. The first-order valence-corrected chi connectivity index (χ1v) is 8.68. The molecule has 1 aliphatic rings. The van der Waals surface area contributed by atoms with Gasteiger partial charge in [0.15, 0.2) is 0 Å². The highest BCUT2D eigenvalue weighted by molar-refractivity contribution is 5.31. The summed E-state index contributed by atoms with van der Waals surface area (Å²) in [5, 5.41) is 8.21. The molecule has 0 saturated carbocycles. The first kappa shape index (κ1) is 16.7. The topological polar surface area (TPSA) is 51.4 Å². The normalized spacial score (nSPS) is 17.1. The van der Waals surface area contributed by atoms with Crippen molar-refractivity contribution in [2.75, 3.05) is 13.2 Å². The van der Waals surface area contributed by atoms with Crippen molar-refractivity contribution in [2.24, 2.45) is 0 Å². The number of halogens is 1. The van der Waals surface area contributed by atoms with Gasteiger partial charge in [-0.3, -0.25) is 4.90 Å². The average Bonchev–Trinajstić information content (AvgIpc) is 3.09. The van der Waals surface area contributed by atoms with Crippen LogP contribution in [0.2, 0.25) is 0 Å². The minimum atomic E-state index is -0.267. The molecule has 0 aliphatic carbocycles. The van der Waals surface area contributed by atoms with E-state index in [0.29, 0.717) is 30.7 Å². The van der Waals surface area contributed by atoms with Crippen molar-refractivity contribution in [3.8, 4) is 5.75 Å². The van der Waals surface area contributed by atoms with Crippen LogP contribution in [0.5, 0.6) is 5.75 Å². The first-order valence-electron chi connectivity index (χ1n) is 8.68. The zero-order valence-electron chi connectivity index (χ0n) is 14.6. The number of aryl methyl sites for hydroxylation is 1. The SMILES string of the molecule is Cc1nnc(C2Cc3ccccc3CN2CCOc2ccc(F)cc2)o1. The lowest BCUT2D eigenvalue weighted by Crippen LogP contribution is -2.37. The summed E-state index contributed by atoms with van der Waals surface area (Å²) < 4.78 is 24.5. The molecular formula is C20H20FN3O2. The average molecular weight is 353 g/mol. The molecule has 1 atom stereocenters.